The average Bonchev–Trinajstić information content (AvgIpc) is 2.65. The predicted molar refractivity (Wildman–Crippen MR) is 123 cm³/mol. The third kappa shape index (κ3) is 5.23. The molecule has 1 atom stereocenters. The molecular formula is C26H37NO3. The molecule has 3 N–H and O–H groups in total. The first-order valence-electron chi connectivity index (χ1n) is 10.7. The van der Waals surface area contributed by atoms with Crippen molar-refractivity contribution in [2.24, 2.45) is 5.73 Å². The fourth-order valence-corrected chi connectivity index (χ4v) is 3.65. The Hall–Kier alpha value is -2.33. The van der Waals surface area contributed by atoms with E-state index in [1.54, 1.807) is 6.92 Å². The molecule has 0 fully saturated rings. The summed E-state index contributed by atoms with van der Waals surface area (Å²) in [6, 6.07) is 13.8. The van der Waals surface area contributed by atoms with E-state index in [9.17, 15) is 9.90 Å². The van der Waals surface area contributed by atoms with Crippen molar-refractivity contribution in [1.82, 2.24) is 0 Å². The second-order valence-corrected chi connectivity index (χ2v) is 10.1. The number of phenols is 1. The summed E-state index contributed by atoms with van der Waals surface area (Å²) in [7, 11) is 0. The van der Waals surface area contributed by atoms with Crippen molar-refractivity contribution >= 4 is 5.97 Å². The SMILES string of the molecule is CCOC(=O)C(N)(CCc1ccccc1)c1cc(C(C)(C)C)c(O)c(C(C)(C)C)c1. The van der Waals surface area contributed by atoms with Crippen LogP contribution in [0.4, 0.5) is 0 Å². The van der Waals surface area contributed by atoms with Crippen molar-refractivity contribution in [2.45, 2.75) is 77.7 Å². The fourth-order valence-electron chi connectivity index (χ4n) is 3.65. The molecule has 4 nitrogen and oxygen atoms in total. The Morgan fingerprint density at radius 3 is 1.90 bits per heavy atom. The molecule has 0 bridgehead atoms. The molecule has 4 heteroatoms. The molecule has 0 radical (unpaired) electrons. The van der Waals surface area contributed by atoms with Gasteiger partial charge in [0.1, 0.15) is 11.3 Å². The van der Waals surface area contributed by atoms with Gasteiger partial charge in [-0.3, -0.25) is 0 Å². The van der Waals surface area contributed by atoms with E-state index in [0.717, 1.165) is 16.7 Å². The highest BCUT2D eigenvalue weighted by Crippen LogP contribution is 2.42. The second kappa shape index (κ2) is 8.81. The normalized spacial score (nSPS) is 14.3. The molecule has 0 amide bonds. The Morgan fingerprint density at radius 1 is 0.967 bits per heavy atom. The van der Waals surface area contributed by atoms with E-state index in [-0.39, 0.29) is 23.2 Å². The summed E-state index contributed by atoms with van der Waals surface area (Å²) in [6.45, 7) is 14.3. The van der Waals surface area contributed by atoms with Gasteiger partial charge in [0.05, 0.1) is 6.61 Å². The number of aromatic hydroxyl groups is 1. The number of phenolic OH excluding ortho intramolecular Hbond substituents is 1. The van der Waals surface area contributed by atoms with Gasteiger partial charge in [0.25, 0.3) is 0 Å². The first kappa shape index (κ1) is 23.9. The first-order valence-corrected chi connectivity index (χ1v) is 10.7. The van der Waals surface area contributed by atoms with Crippen LogP contribution < -0.4 is 5.73 Å². The smallest absolute Gasteiger partial charge is 0.330 e. The molecule has 0 heterocycles. The zero-order valence-corrected chi connectivity index (χ0v) is 19.5. The van der Waals surface area contributed by atoms with Crippen LogP contribution in [0.3, 0.4) is 0 Å². The van der Waals surface area contributed by atoms with Crippen LogP contribution in [0, 0.1) is 0 Å². The maximum absolute atomic E-state index is 13.1. The molecule has 0 aliphatic carbocycles. The molecule has 0 aliphatic heterocycles. The third-order valence-corrected chi connectivity index (χ3v) is 5.53. The largest absolute Gasteiger partial charge is 0.507 e. The number of carbonyl (C=O) groups excluding carboxylic acids is 1. The lowest BCUT2D eigenvalue weighted by molar-refractivity contribution is -0.150. The van der Waals surface area contributed by atoms with E-state index >= 15 is 0 Å². The number of benzene rings is 2. The van der Waals surface area contributed by atoms with Gasteiger partial charge in [0.15, 0.2) is 0 Å². The van der Waals surface area contributed by atoms with E-state index in [1.807, 2.05) is 84.0 Å². The van der Waals surface area contributed by atoms with Crippen LogP contribution in [-0.2, 0) is 32.3 Å². The van der Waals surface area contributed by atoms with E-state index in [1.165, 1.54) is 0 Å². The van der Waals surface area contributed by atoms with Crippen molar-refractivity contribution in [3.63, 3.8) is 0 Å². The van der Waals surface area contributed by atoms with Crippen molar-refractivity contribution < 1.29 is 14.6 Å². The minimum Gasteiger partial charge on any atom is -0.507 e. The van der Waals surface area contributed by atoms with E-state index < -0.39 is 11.5 Å². The van der Waals surface area contributed by atoms with Crippen LogP contribution in [0.2, 0.25) is 0 Å². The highest BCUT2D eigenvalue weighted by molar-refractivity contribution is 5.83. The number of hydrogen-bond donors (Lipinski definition) is 2. The average molecular weight is 412 g/mol. The van der Waals surface area contributed by atoms with Crippen LogP contribution in [0.5, 0.6) is 5.75 Å². The summed E-state index contributed by atoms with van der Waals surface area (Å²) in [5.41, 5.74) is 8.25. The predicted octanol–water partition coefficient (Wildman–Crippen LogP) is 5.34. The van der Waals surface area contributed by atoms with Crippen LogP contribution in [0.1, 0.15) is 77.1 Å². The van der Waals surface area contributed by atoms with Crippen molar-refractivity contribution in [3.05, 3.63) is 64.7 Å². The zero-order chi connectivity index (χ0) is 22.7. The standard InChI is InChI=1S/C26H37NO3/c1-8-30-23(29)26(27,15-14-18-12-10-9-11-13-18)19-16-20(24(2,3)4)22(28)21(17-19)25(5,6)7/h9-13,16-17,28H,8,14-15,27H2,1-7H3. The van der Waals surface area contributed by atoms with Gasteiger partial charge in [0.2, 0.25) is 0 Å². The molecule has 30 heavy (non-hydrogen) atoms. The van der Waals surface area contributed by atoms with E-state index in [4.69, 9.17) is 10.5 Å². The number of esters is 1. The lowest BCUT2D eigenvalue weighted by Crippen LogP contribution is -2.47. The Bertz CT molecular complexity index is 840. The Balaban J connectivity index is 2.65. The maximum Gasteiger partial charge on any atom is 0.330 e. The summed E-state index contributed by atoms with van der Waals surface area (Å²) < 4.78 is 5.40. The minimum atomic E-state index is -1.31. The third-order valence-electron chi connectivity index (χ3n) is 5.53. The van der Waals surface area contributed by atoms with Crippen molar-refractivity contribution in [1.29, 1.82) is 0 Å². The highest BCUT2D eigenvalue weighted by atomic mass is 16.5. The molecule has 0 saturated heterocycles. The quantitative estimate of drug-likeness (QED) is 0.630. The van der Waals surface area contributed by atoms with Gasteiger partial charge >= 0.3 is 5.97 Å². The number of ether oxygens (including phenoxy) is 1. The summed E-state index contributed by atoms with van der Waals surface area (Å²) in [5.74, 6) is -0.167. The summed E-state index contributed by atoms with van der Waals surface area (Å²) in [4.78, 5) is 13.1. The number of carbonyl (C=O) groups is 1. The van der Waals surface area contributed by atoms with Crippen LogP contribution in [0.25, 0.3) is 0 Å². The Kier molecular flexibility index (Phi) is 7.03. The molecular weight excluding hydrogens is 374 g/mol. The monoisotopic (exact) mass is 411 g/mol. The van der Waals surface area contributed by atoms with Crippen molar-refractivity contribution in [3.8, 4) is 5.75 Å². The summed E-state index contributed by atoms with van der Waals surface area (Å²) in [5, 5.41) is 11.0. The number of rotatable bonds is 6. The van der Waals surface area contributed by atoms with Crippen LogP contribution in [0.15, 0.2) is 42.5 Å². The van der Waals surface area contributed by atoms with Gasteiger partial charge < -0.3 is 15.6 Å². The molecule has 2 aromatic carbocycles. The molecule has 0 spiro atoms. The fraction of sp³-hybridized carbons (Fsp3) is 0.500. The van der Waals surface area contributed by atoms with Crippen molar-refractivity contribution in [2.75, 3.05) is 6.61 Å². The van der Waals surface area contributed by atoms with Gasteiger partial charge in [-0.15, -0.1) is 0 Å². The maximum atomic E-state index is 13.1. The number of nitrogens with two attached hydrogens (primary N) is 1. The lowest BCUT2D eigenvalue weighted by Gasteiger charge is -2.33. The van der Waals surface area contributed by atoms with E-state index in [2.05, 4.69) is 0 Å². The molecule has 0 aromatic heterocycles. The Labute approximate surface area is 181 Å². The minimum absolute atomic E-state index is 0.263. The zero-order valence-electron chi connectivity index (χ0n) is 19.5. The number of hydrogen-bond acceptors (Lipinski definition) is 4. The summed E-state index contributed by atoms with van der Waals surface area (Å²) >= 11 is 0. The van der Waals surface area contributed by atoms with Crippen LogP contribution in [-0.4, -0.2) is 17.7 Å². The molecule has 0 aliphatic rings. The highest BCUT2D eigenvalue weighted by Gasteiger charge is 2.40. The summed E-state index contributed by atoms with van der Waals surface area (Å²) in [6.07, 6.45) is 1.06. The van der Waals surface area contributed by atoms with Crippen LogP contribution >= 0.6 is 0 Å². The van der Waals surface area contributed by atoms with Gasteiger partial charge in [-0.25, -0.2) is 4.79 Å². The number of aryl methyl sites for hydroxylation is 1. The molecule has 0 saturated carbocycles. The Morgan fingerprint density at radius 2 is 1.47 bits per heavy atom. The second-order valence-electron chi connectivity index (χ2n) is 10.1. The van der Waals surface area contributed by atoms with Gasteiger partial charge in [-0.1, -0.05) is 71.9 Å². The van der Waals surface area contributed by atoms with Gasteiger partial charge in [-0.2, -0.15) is 0 Å². The molecule has 164 valence electrons. The molecule has 2 aromatic rings. The van der Waals surface area contributed by atoms with Gasteiger partial charge in [-0.05, 0) is 65.0 Å². The lowest BCUT2D eigenvalue weighted by atomic mass is 9.74. The van der Waals surface area contributed by atoms with E-state index in [0.29, 0.717) is 18.4 Å². The topological polar surface area (TPSA) is 72.5 Å². The molecule has 2 rings (SSSR count). The van der Waals surface area contributed by atoms with Gasteiger partial charge in [0, 0.05) is 0 Å². The molecule has 1 unspecified atom stereocenters. The first-order chi connectivity index (χ1) is 13.8.